The first-order valence-corrected chi connectivity index (χ1v) is 10.9. The fourth-order valence-electron chi connectivity index (χ4n) is 3.62. The Bertz CT molecular complexity index is 703. The first kappa shape index (κ1) is 20.9. The standard InChI is InChI=1S/C20H32N2O3S/c1-14(2)19(15(3)4)21-20(23)17-7-6-12-22(13-17)26(24,25)18-10-8-16(5)9-11-18/h8-11,14-15,17,19H,6-7,12-13H2,1-5H3,(H,21,23)/t17-/m1/s1. The number of nitrogens with one attached hydrogen (secondary N) is 1. The fourth-order valence-corrected chi connectivity index (χ4v) is 5.14. The predicted octanol–water partition coefficient (Wildman–Crippen LogP) is 3.19. The maximum absolute atomic E-state index is 12.9. The summed E-state index contributed by atoms with van der Waals surface area (Å²) in [4.78, 5) is 13.0. The number of hydrogen-bond acceptors (Lipinski definition) is 3. The second kappa shape index (κ2) is 8.53. The minimum atomic E-state index is -3.55. The van der Waals surface area contributed by atoms with E-state index in [0.717, 1.165) is 12.0 Å². The Morgan fingerprint density at radius 3 is 2.23 bits per heavy atom. The van der Waals surface area contributed by atoms with Crippen molar-refractivity contribution in [2.24, 2.45) is 17.8 Å². The van der Waals surface area contributed by atoms with Crippen LogP contribution in [-0.4, -0.2) is 37.8 Å². The zero-order valence-electron chi connectivity index (χ0n) is 16.5. The van der Waals surface area contributed by atoms with Crippen molar-refractivity contribution in [1.29, 1.82) is 0 Å². The molecule has 0 aromatic heterocycles. The van der Waals surface area contributed by atoms with Crippen LogP contribution in [0.4, 0.5) is 0 Å². The summed E-state index contributed by atoms with van der Waals surface area (Å²) in [6.45, 7) is 11.0. The summed E-state index contributed by atoms with van der Waals surface area (Å²) in [5.41, 5.74) is 1.02. The van der Waals surface area contributed by atoms with Gasteiger partial charge >= 0.3 is 0 Å². The summed E-state index contributed by atoms with van der Waals surface area (Å²) in [6, 6.07) is 6.99. The van der Waals surface area contributed by atoms with Crippen molar-refractivity contribution < 1.29 is 13.2 Å². The average Bonchev–Trinajstić information content (AvgIpc) is 2.59. The lowest BCUT2D eigenvalue weighted by molar-refractivity contribution is -0.127. The summed E-state index contributed by atoms with van der Waals surface area (Å²) in [7, 11) is -3.55. The molecule has 1 aliphatic heterocycles. The van der Waals surface area contributed by atoms with Gasteiger partial charge in [0, 0.05) is 19.1 Å². The number of nitrogens with zero attached hydrogens (tertiary/aromatic N) is 1. The van der Waals surface area contributed by atoms with Gasteiger partial charge in [0.05, 0.1) is 10.8 Å². The summed E-state index contributed by atoms with van der Waals surface area (Å²) in [5.74, 6) is 0.370. The second-order valence-electron chi connectivity index (χ2n) is 8.04. The molecule has 0 bridgehead atoms. The molecule has 6 heteroatoms. The van der Waals surface area contributed by atoms with Crippen molar-refractivity contribution >= 4 is 15.9 Å². The third-order valence-electron chi connectivity index (χ3n) is 5.16. The molecule has 0 aliphatic carbocycles. The van der Waals surface area contributed by atoms with Gasteiger partial charge in [-0.15, -0.1) is 0 Å². The topological polar surface area (TPSA) is 66.5 Å². The first-order valence-electron chi connectivity index (χ1n) is 9.50. The van der Waals surface area contributed by atoms with Gasteiger partial charge < -0.3 is 5.32 Å². The minimum absolute atomic E-state index is 0.0267. The predicted molar refractivity (Wildman–Crippen MR) is 104 cm³/mol. The Labute approximate surface area is 158 Å². The molecule has 5 nitrogen and oxygen atoms in total. The molecule has 146 valence electrons. The molecule has 1 atom stereocenters. The van der Waals surface area contributed by atoms with Gasteiger partial charge in [0.15, 0.2) is 0 Å². The average molecular weight is 381 g/mol. The molecule has 0 radical (unpaired) electrons. The van der Waals surface area contributed by atoms with E-state index in [9.17, 15) is 13.2 Å². The second-order valence-corrected chi connectivity index (χ2v) is 9.98. The van der Waals surface area contributed by atoms with E-state index in [0.29, 0.717) is 29.7 Å². The maximum atomic E-state index is 12.9. The molecular weight excluding hydrogens is 348 g/mol. The maximum Gasteiger partial charge on any atom is 0.243 e. The van der Waals surface area contributed by atoms with E-state index in [1.807, 2.05) is 6.92 Å². The highest BCUT2D eigenvalue weighted by molar-refractivity contribution is 7.89. The molecule has 2 rings (SSSR count). The van der Waals surface area contributed by atoms with Crippen molar-refractivity contribution in [1.82, 2.24) is 9.62 Å². The largest absolute Gasteiger partial charge is 0.353 e. The van der Waals surface area contributed by atoms with Gasteiger partial charge in [-0.2, -0.15) is 4.31 Å². The lowest BCUT2D eigenvalue weighted by atomic mass is 9.91. The molecule has 0 saturated carbocycles. The van der Waals surface area contributed by atoms with Crippen LogP contribution >= 0.6 is 0 Å². The Balaban J connectivity index is 2.10. The van der Waals surface area contributed by atoms with E-state index in [-0.39, 0.29) is 24.4 Å². The number of amides is 1. The van der Waals surface area contributed by atoms with Crippen molar-refractivity contribution in [2.45, 2.75) is 58.4 Å². The highest BCUT2D eigenvalue weighted by Crippen LogP contribution is 2.25. The third kappa shape index (κ3) is 4.86. The Hall–Kier alpha value is -1.40. The number of carbonyl (C=O) groups is 1. The number of hydrogen-bond donors (Lipinski definition) is 1. The van der Waals surface area contributed by atoms with Gasteiger partial charge in [-0.05, 0) is 43.7 Å². The number of piperidine rings is 1. The van der Waals surface area contributed by atoms with Gasteiger partial charge in [0.2, 0.25) is 15.9 Å². The number of carbonyl (C=O) groups excluding carboxylic acids is 1. The van der Waals surface area contributed by atoms with E-state index in [1.54, 1.807) is 24.3 Å². The molecule has 1 aromatic carbocycles. The van der Waals surface area contributed by atoms with Crippen LogP contribution in [0.15, 0.2) is 29.2 Å². The monoisotopic (exact) mass is 380 g/mol. The van der Waals surface area contributed by atoms with Crippen LogP contribution in [0.5, 0.6) is 0 Å². The minimum Gasteiger partial charge on any atom is -0.353 e. The molecule has 1 fully saturated rings. The number of benzene rings is 1. The quantitative estimate of drug-likeness (QED) is 0.824. The van der Waals surface area contributed by atoms with Crippen molar-refractivity contribution in [3.05, 3.63) is 29.8 Å². The molecule has 1 saturated heterocycles. The van der Waals surface area contributed by atoms with Crippen LogP contribution in [0.1, 0.15) is 46.1 Å². The Morgan fingerprint density at radius 2 is 1.69 bits per heavy atom. The van der Waals surface area contributed by atoms with E-state index in [2.05, 4.69) is 33.0 Å². The van der Waals surface area contributed by atoms with E-state index >= 15 is 0 Å². The SMILES string of the molecule is Cc1ccc(S(=O)(=O)N2CCC[C@@H](C(=O)NC(C(C)C)C(C)C)C2)cc1. The number of rotatable bonds is 6. The van der Waals surface area contributed by atoms with Crippen molar-refractivity contribution in [3.63, 3.8) is 0 Å². The Morgan fingerprint density at radius 1 is 1.12 bits per heavy atom. The van der Waals surface area contributed by atoms with E-state index in [4.69, 9.17) is 0 Å². The van der Waals surface area contributed by atoms with E-state index < -0.39 is 10.0 Å². The molecule has 26 heavy (non-hydrogen) atoms. The van der Waals surface area contributed by atoms with Gasteiger partial charge in [-0.25, -0.2) is 8.42 Å². The van der Waals surface area contributed by atoms with Crippen molar-refractivity contribution in [3.8, 4) is 0 Å². The highest BCUT2D eigenvalue weighted by atomic mass is 32.2. The molecule has 1 amide bonds. The van der Waals surface area contributed by atoms with Crippen LogP contribution in [0, 0.1) is 24.7 Å². The van der Waals surface area contributed by atoms with Crippen LogP contribution in [0.25, 0.3) is 0 Å². The molecule has 1 aliphatic rings. The van der Waals surface area contributed by atoms with Crippen LogP contribution < -0.4 is 5.32 Å². The van der Waals surface area contributed by atoms with Crippen LogP contribution in [0.2, 0.25) is 0 Å². The van der Waals surface area contributed by atoms with Crippen molar-refractivity contribution in [2.75, 3.05) is 13.1 Å². The summed E-state index contributed by atoms with van der Waals surface area (Å²) in [5, 5.41) is 3.14. The number of aryl methyl sites for hydroxylation is 1. The normalized spacial score (nSPS) is 19.3. The lowest BCUT2D eigenvalue weighted by Gasteiger charge is -2.33. The van der Waals surface area contributed by atoms with E-state index in [1.165, 1.54) is 4.31 Å². The highest BCUT2D eigenvalue weighted by Gasteiger charge is 2.34. The van der Waals surface area contributed by atoms with Gasteiger partial charge in [0.1, 0.15) is 0 Å². The molecule has 0 unspecified atom stereocenters. The van der Waals surface area contributed by atoms with Crippen LogP contribution in [0.3, 0.4) is 0 Å². The molecule has 1 N–H and O–H groups in total. The zero-order chi connectivity index (χ0) is 19.5. The molecular formula is C20H32N2O3S. The third-order valence-corrected chi connectivity index (χ3v) is 7.04. The van der Waals surface area contributed by atoms with Gasteiger partial charge in [-0.3, -0.25) is 4.79 Å². The summed E-state index contributed by atoms with van der Waals surface area (Å²) < 4.78 is 27.3. The Kier molecular flexibility index (Phi) is 6.86. The molecule has 0 spiro atoms. The molecule has 1 heterocycles. The molecule has 1 aromatic rings. The lowest BCUT2D eigenvalue weighted by Crippen LogP contribution is -2.49. The summed E-state index contributed by atoms with van der Waals surface area (Å²) in [6.07, 6.45) is 1.44. The first-order chi connectivity index (χ1) is 12.1. The summed E-state index contributed by atoms with van der Waals surface area (Å²) >= 11 is 0. The van der Waals surface area contributed by atoms with Gasteiger partial charge in [0.25, 0.3) is 0 Å². The smallest absolute Gasteiger partial charge is 0.243 e. The zero-order valence-corrected chi connectivity index (χ0v) is 17.3. The van der Waals surface area contributed by atoms with Gasteiger partial charge in [-0.1, -0.05) is 45.4 Å². The van der Waals surface area contributed by atoms with Crippen LogP contribution in [-0.2, 0) is 14.8 Å². The number of sulfonamides is 1. The fraction of sp³-hybridized carbons (Fsp3) is 0.650.